The normalized spacial score (nSPS) is 17.4. The number of likely N-dealkylation sites (N-methyl/N-ethyl adjacent to an activating group) is 1. The summed E-state index contributed by atoms with van der Waals surface area (Å²) in [6.07, 6.45) is 1.19. The first-order valence-corrected chi connectivity index (χ1v) is 14.7. The number of rotatable bonds is 3. The predicted molar refractivity (Wildman–Crippen MR) is 162 cm³/mol. The third-order valence-corrected chi connectivity index (χ3v) is 9.37. The van der Waals surface area contributed by atoms with Gasteiger partial charge in [0, 0.05) is 38.5 Å². The number of fused-ring (bicyclic) bond motifs is 3. The molecular formula is C27H35BrCl2N8O2. The lowest BCUT2D eigenvalue weighted by Crippen LogP contribution is -2.67. The molecule has 0 saturated carbocycles. The predicted octanol–water partition coefficient (Wildman–Crippen LogP) is 6.29. The number of likely N-dealkylation sites (tertiary alicyclic amines) is 1. The number of anilines is 1. The Bertz CT molecular complexity index is 1470. The van der Waals surface area contributed by atoms with Crippen molar-refractivity contribution in [3.05, 3.63) is 20.6 Å². The van der Waals surface area contributed by atoms with Crippen molar-refractivity contribution in [3.8, 4) is 6.07 Å². The Morgan fingerprint density at radius 1 is 1.23 bits per heavy atom. The van der Waals surface area contributed by atoms with Crippen LogP contribution >= 0.6 is 39.1 Å². The Kier molecular flexibility index (Phi) is 8.77. The van der Waals surface area contributed by atoms with Gasteiger partial charge in [0.2, 0.25) is 0 Å². The number of aromatic nitrogens is 4. The first kappa shape index (κ1) is 30.6. The van der Waals surface area contributed by atoms with E-state index in [1.807, 2.05) is 31.5 Å². The molecule has 2 aliphatic rings. The van der Waals surface area contributed by atoms with Crippen LogP contribution in [0.4, 0.5) is 10.6 Å². The molecule has 2 saturated heterocycles. The lowest BCUT2D eigenvalue weighted by molar-refractivity contribution is 0.0185. The molecular weight excluding hydrogens is 619 g/mol. The van der Waals surface area contributed by atoms with Gasteiger partial charge in [-0.15, -0.1) is 5.10 Å². The molecule has 0 unspecified atom stereocenters. The van der Waals surface area contributed by atoms with E-state index in [0.717, 1.165) is 48.2 Å². The topological polar surface area (TPSA) is 103 Å². The molecule has 2 aliphatic heterocycles. The van der Waals surface area contributed by atoms with Gasteiger partial charge in [-0.2, -0.15) is 5.26 Å². The quantitative estimate of drug-likeness (QED) is 0.304. The number of amides is 1. The van der Waals surface area contributed by atoms with E-state index in [9.17, 15) is 4.79 Å². The van der Waals surface area contributed by atoms with Crippen LogP contribution < -0.4 is 4.90 Å². The average molecular weight is 654 g/mol. The first-order valence-electron chi connectivity index (χ1n) is 13.1. The lowest BCUT2D eigenvalue weighted by atomic mass is 9.90. The molecule has 0 bridgehead atoms. The van der Waals surface area contributed by atoms with Gasteiger partial charge in [-0.05, 0) is 76.6 Å². The number of ether oxygens (including phenoxy) is 1. The van der Waals surface area contributed by atoms with Crippen LogP contribution in [0.15, 0.2) is 10.5 Å². The van der Waals surface area contributed by atoms with E-state index in [0.29, 0.717) is 33.1 Å². The van der Waals surface area contributed by atoms with Crippen LogP contribution in [0.25, 0.3) is 21.9 Å². The van der Waals surface area contributed by atoms with Gasteiger partial charge in [0.1, 0.15) is 11.1 Å². The summed E-state index contributed by atoms with van der Waals surface area (Å²) < 4.78 is 8.16. The molecule has 0 N–H and O–H groups in total. The largest absolute Gasteiger partial charge is 0.444 e. The molecule has 2 aromatic heterocycles. The summed E-state index contributed by atoms with van der Waals surface area (Å²) in [4.78, 5) is 23.8. The minimum absolute atomic E-state index is 0.0534. The summed E-state index contributed by atoms with van der Waals surface area (Å²) >= 11 is 16.8. The molecule has 4 heterocycles. The lowest BCUT2D eigenvalue weighted by Gasteiger charge is -2.52. The third-order valence-electron chi connectivity index (χ3n) is 7.42. The van der Waals surface area contributed by atoms with Crippen LogP contribution in [0, 0.1) is 11.3 Å². The third kappa shape index (κ3) is 5.82. The van der Waals surface area contributed by atoms with E-state index in [2.05, 4.69) is 57.1 Å². The highest BCUT2D eigenvalue weighted by Gasteiger charge is 2.42. The molecule has 10 nitrogen and oxygen atoms in total. The van der Waals surface area contributed by atoms with Crippen LogP contribution in [-0.2, 0) is 4.74 Å². The van der Waals surface area contributed by atoms with Crippen molar-refractivity contribution in [2.75, 3.05) is 45.2 Å². The van der Waals surface area contributed by atoms with E-state index >= 15 is 0 Å². The smallest absolute Gasteiger partial charge is 0.410 e. The maximum Gasteiger partial charge on any atom is 0.410 e. The van der Waals surface area contributed by atoms with Gasteiger partial charge in [-0.3, -0.25) is 0 Å². The fourth-order valence-corrected chi connectivity index (χ4v) is 5.83. The number of piperidine rings is 1. The van der Waals surface area contributed by atoms with Crippen LogP contribution in [0.5, 0.6) is 0 Å². The molecule has 0 atom stereocenters. The average Bonchev–Trinajstić information content (AvgIpc) is 3.30. The summed E-state index contributed by atoms with van der Waals surface area (Å²) in [6, 6.07) is 3.69. The van der Waals surface area contributed by atoms with Gasteiger partial charge < -0.3 is 19.4 Å². The number of nitriles is 1. The Morgan fingerprint density at radius 3 is 2.38 bits per heavy atom. The van der Waals surface area contributed by atoms with Crippen LogP contribution in [0.1, 0.15) is 53.5 Å². The van der Waals surface area contributed by atoms with Gasteiger partial charge in [0.05, 0.1) is 37.7 Å². The number of pyridine rings is 1. The zero-order valence-corrected chi connectivity index (χ0v) is 27.0. The minimum Gasteiger partial charge on any atom is -0.444 e. The van der Waals surface area contributed by atoms with E-state index in [1.165, 1.54) is 6.92 Å². The van der Waals surface area contributed by atoms with E-state index in [-0.39, 0.29) is 17.7 Å². The Morgan fingerprint density at radius 2 is 1.82 bits per heavy atom. The van der Waals surface area contributed by atoms with Crippen molar-refractivity contribution >= 4 is 73.0 Å². The molecule has 0 aliphatic carbocycles. The van der Waals surface area contributed by atoms with Gasteiger partial charge in [0.15, 0.2) is 11.3 Å². The summed E-state index contributed by atoms with van der Waals surface area (Å²) in [6.45, 7) is 12.1. The maximum atomic E-state index is 12.6. The molecule has 13 heteroatoms. The Labute approximate surface area is 253 Å². The van der Waals surface area contributed by atoms with E-state index in [4.69, 9.17) is 38.2 Å². The monoisotopic (exact) mass is 652 g/mol. The summed E-state index contributed by atoms with van der Waals surface area (Å²) in [7, 11) is 4.19. The number of nitrogens with zero attached hydrogens (tertiary/aromatic N) is 8. The van der Waals surface area contributed by atoms with Gasteiger partial charge >= 0.3 is 6.09 Å². The molecule has 1 amide bonds. The second kappa shape index (κ2) is 11.5. The van der Waals surface area contributed by atoms with Crippen molar-refractivity contribution in [2.24, 2.45) is 0 Å². The van der Waals surface area contributed by atoms with Crippen molar-refractivity contribution in [3.63, 3.8) is 0 Å². The van der Waals surface area contributed by atoms with E-state index in [1.54, 1.807) is 11.0 Å². The molecule has 0 radical (unpaired) electrons. The number of halogens is 3. The van der Waals surface area contributed by atoms with Crippen molar-refractivity contribution in [2.45, 2.75) is 64.6 Å². The minimum atomic E-state index is -0.523. The fraction of sp³-hybridized carbons (Fsp3) is 0.593. The van der Waals surface area contributed by atoms with Gasteiger partial charge in [0.25, 0.3) is 0 Å². The Hall–Kier alpha value is -2.39. The second-order valence-corrected chi connectivity index (χ2v) is 13.3. The number of hydrogen-bond donors (Lipinski definition) is 0. The molecule has 3 aromatic rings. The molecule has 1 aromatic carbocycles. The molecule has 5 rings (SSSR count). The highest BCUT2D eigenvalue weighted by Crippen LogP contribution is 2.43. The van der Waals surface area contributed by atoms with Crippen molar-refractivity contribution in [1.29, 1.82) is 5.26 Å². The zero-order valence-electron chi connectivity index (χ0n) is 23.9. The number of carbonyl (C=O) groups excluding carboxylic acids is 1. The van der Waals surface area contributed by atoms with Gasteiger partial charge in [-0.25, -0.2) is 14.5 Å². The Balaban J connectivity index is 0.00000118. The number of benzene rings is 1. The second-order valence-electron chi connectivity index (χ2n) is 11.7. The highest BCUT2D eigenvalue weighted by atomic mass is 79.9. The number of carbonyl (C=O) groups is 1. The fourth-order valence-electron chi connectivity index (χ4n) is 5.03. The number of hydrogen-bond acceptors (Lipinski definition) is 8. The van der Waals surface area contributed by atoms with Crippen LogP contribution in [0.2, 0.25) is 10.0 Å². The summed E-state index contributed by atoms with van der Waals surface area (Å²) in [5.74, 6) is 0.774. The SMILES string of the molecule is CC#N.CN(C)C1(C)CN(c2nc3c(Cl)c(Br)c(Cl)cc3c3c2nnn3C2CCN(C(=O)OC(C)(C)C)CC2)C1. The zero-order chi connectivity index (χ0) is 29.6. The molecule has 0 spiro atoms. The molecule has 216 valence electrons. The van der Waals surface area contributed by atoms with Gasteiger partial charge in [-0.1, -0.05) is 28.4 Å². The first-order chi connectivity index (χ1) is 18.7. The standard InChI is InChI=1S/C25H32BrCl2N7O2.C2H3N/c1-24(2,3)37-23(36)33-9-7-14(8-10-33)35-21-15-11-16(27)17(26)18(28)19(15)29-22(20(21)30-31-35)34-12-25(4,13-34)32(5)6;1-2-3/h11,14H,7-10,12-13H2,1-6H3;1H3. The van der Waals surface area contributed by atoms with Crippen LogP contribution in [0.3, 0.4) is 0 Å². The maximum absolute atomic E-state index is 12.6. The van der Waals surface area contributed by atoms with Crippen LogP contribution in [-0.4, -0.2) is 87.3 Å². The van der Waals surface area contributed by atoms with Crippen molar-refractivity contribution in [1.82, 2.24) is 29.8 Å². The molecule has 2 fully saturated rings. The highest BCUT2D eigenvalue weighted by molar-refractivity contribution is 9.10. The summed E-state index contributed by atoms with van der Waals surface area (Å²) in [5.41, 5.74) is 1.79. The van der Waals surface area contributed by atoms with Crippen molar-refractivity contribution < 1.29 is 9.53 Å². The van der Waals surface area contributed by atoms with E-state index < -0.39 is 5.60 Å². The molecule has 40 heavy (non-hydrogen) atoms. The summed E-state index contributed by atoms with van der Waals surface area (Å²) in [5, 5.41) is 18.3.